The third-order valence-corrected chi connectivity index (χ3v) is 5.40. The monoisotopic (exact) mass is 389 g/mol. The van der Waals surface area contributed by atoms with E-state index in [9.17, 15) is 5.21 Å². The number of hydrogen-bond acceptors (Lipinski definition) is 5. The van der Waals surface area contributed by atoms with Gasteiger partial charge in [-0.05, 0) is 6.07 Å². The summed E-state index contributed by atoms with van der Waals surface area (Å²) in [6, 6.07) is 17.7. The molecule has 4 rings (SSSR count). The van der Waals surface area contributed by atoms with E-state index >= 15 is 0 Å². The predicted molar refractivity (Wildman–Crippen MR) is 113 cm³/mol. The van der Waals surface area contributed by atoms with E-state index in [2.05, 4.69) is 33.0 Å². The molecule has 2 N–H and O–H groups in total. The number of nitrogens with zero attached hydrogens (tertiary/aromatic N) is 4. The van der Waals surface area contributed by atoms with Crippen LogP contribution in [0.3, 0.4) is 0 Å². The largest absolute Gasteiger partial charge is 0.411 e. The van der Waals surface area contributed by atoms with Gasteiger partial charge in [-0.2, -0.15) is 0 Å². The molecule has 0 fully saturated rings. The van der Waals surface area contributed by atoms with Crippen molar-refractivity contribution < 1.29 is 5.21 Å². The van der Waals surface area contributed by atoms with Gasteiger partial charge in [0.15, 0.2) is 11.0 Å². The molecule has 4 aromatic rings. The zero-order chi connectivity index (χ0) is 19.3. The fourth-order valence-electron chi connectivity index (χ4n) is 3.08. The molecule has 0 aliphatic carbocycles. The summed E-state index contributed by atoms with van der Waals surface area (Å²) in [4.78, 5) is 3.28. The van der Waals surface area contributed by atoms with Crippen LogP contribution >= 0.6 is 11.8 Å². The number of thioether (sulfide) groups is 1. The van der Waals surface area contributed by atoms with Gasteiger partial charge in [0, 0.05) is 40.5 Å². The van der Waals surface area contributed by atoms with E-state index in [1.165, 1.54) is 11.8 Å². The van der Waals surface area contributed by atoms with Crippen molar-refractivity contribution in [1.82, 2.24) is 19.7 Å². The average molecular weight is 389 g/mol. The summed E-state index contributed by atoms with van der Waals surface area (Å²) in [6.45, 7) is 4.45. The lowest BCUT2D eigenvalue weighted by atomic mass is 10.1. The van der Waals surface area contributed by atoms with Gasteiger partial charge in [-0.1, -0.05) is 71.5 Å². The molecule has 0 radical (unpaired) electrons. The third kappa shape index (κ3) is 3.44. The molecule has 28 heavy (non-hydrogen) atoms. The maximum atomic E-state index is 9.42. The molecule has 6 nitrogen and oxygen atoms in total. The van der Waals surface area contributed by atoms with Crippen molar-refractivity contribution in [3.05, 3.63) is 79.0 Å². The van der Waals surface area contributed by atoms with Gasteiger partial charge in [0.2, 0.25) is 0 Å². The Labute approximate surface area is 166 Å². The molecule has 0 bridgehead atoms. The minimum Gasteiger partial charge on any atom is -0.411 e. The Kier molecular flexibility index (Phi) is 5.25. The van der Waals surface area contributed by atoms with Crippen molar-refractivity contribution in [3.8, 4) is 11.4 Å². The standard InChI is InChI=1S/C21H19N5OS/c1-2-12-26-20(17-13-22-18-11-7-6-10-16(17)18)23-24-21(26)28-14-19(25-27)15-8-4-3-5-9-15/h2-11,13,22,27H,1,12,14H2/b25-19+. The SMILES string of the molecule is C=CCn1c(SC/C(=N\O)c2ccccc2)nnc1-c1c[nH]c2ccccc12. The van der Waals surface area contributed by atoms with Crippen LogP contribution in [0.1, 0.15) is 5.56 Å². The molecule has 0 aliphatic rings. The molecule has 7 heteroatoms. The Morgan fingerprint density at radius 1 is 1.14 bits per heavy atom. The number of H-pyrrole nitrogens is 1. The molecule has 0 atom stereocenters. The Bertz CT molecular complexity index is 1130. The number of aromatic amines is 1. The molecule has 2 aromatic carbocycles. The van der Waals surface area contributed by atoms with Crippen LogP contribution < -0.4 is 0 Å². The molecule has 140 valence electrons. The summed E-state index contributed by atoms with van der Waals surface area (Å²) in [5, 5.41) is 23.5. The van der Waals surface area contributed by atoms with Crippen molar-refractivity contribution in [3.63, 3.8) is 0 Å². The lowest BCUT2D eigenvalue weighted by Gasteiger charge is -2.08. The van der Waals surface area contributed by atoms with Gasteiger partial charge in [-0.25, -0.2) is 0 Å². The van der Waals surface area contributed by atoms with E-state index in [1.54, 1.807) is 0 Å². The zero-order valence-corrected chi connectivity index (χ0v) is 15.9. The molecule has 0 saturated heterocycles. The zero-order valence-electron chi connectivity index (χ0n) is 15.1. The van der Waals surface area contributed by atoms with Gasteiger partial charge >= 0.3 is 0 Å². The quantitative estimate of drug-likeness (QED) is 0.159. The average Bonchev–Trinajstić information content (AvgIpc) is 3.34. The van der Waals surface area contributed by atoms with E-state index in [0.29, 0.717) is 18.0 Å². The number of hydrogen-bond donors (Lipinski definition) is 2. The van der Waals surface area contributed by atoms with E-state index in [4.69, 9.17) is 0 Å². The summed E-state index contributed by atoms with van der Waals surface area (Å²) in [6.07, 6.45) is 3.78. The highest BCUT2D eigenvalue weighted by atomic mass is 32.2. The van der Waals surface area contributed by atoms with Crippen molar-refractivity contribution in [2.75, 3.05) is 5.75 Å². The molecule has 2 aromatic heterocycles. The second-order valence-electron chi connectivity index (χ2n) is 6.15. The first kappa shape index (κ1) is 18.1. The van der Waals surface area contributed by atoms with Crippen LogP contribution in [0, 0.1) is 0 Å². The van der Waals surface area contributed by atoms with Crippen LogP contribution in [-0.4, -0.2) is 36.4 Å². The Morgan fingerprint density at radius 2 is 1.93 bits per heavy atom. The van der Waals surface area contributed by atoms with Crippen molar-refractivity contribution in [2.45, 2.75) is 11.7 Å². The van der Waals surface area contributed by atoms with Gasteiger partial charge in [0.05, 0.1) is 5.71 Å². The lowest BCUT2D eigenvalue weighted by molar-refractivity contribution is 0.319. The van der Waals surface area contributed by atoms with Crippen LogP contribution in [0.15, 0.2) is 83.8 Å². The second kappa shape index (κ2) is 8.14. The highest BCUT2D eigenvalue weighted by Gasteiger charge is 2.17. The van der Waals surface area contributed by atoms with E-state index < -0.39 is 0 Å². The summed E-state index contributed by atoms with van der Waals surface area (Å²) >= 11 is 1.48. The number of oxime groups is 1. The van der Waals surface area contributed by atoms with Gasteiger partial charge in [-0.15, -0.1) is 16.8 Å². The molecular formula is C21H19N5OS. The van der Waals surface area contributed by atoms with Crippen molar-refractivity contribution in [2.24, 2.45) is 5.16 Å². The number of para-hydroxylation sites is 1. The van der Waals surface area contributed by atoms with Gasteiger partial charge < -0.3 is 10.2 Å². The number of rotatable bonds is 7. The smallest absolute Gasteiger partial charge is 0.192 e. The normalized spacial score (nSPS) is 11.8. The fraction of sp³-hybridized carbons (Fsp3) is 0.0952. The van der Waals surface area contributed by atoms with E-state index in [1.807, 2.05) is 65.4 Å². The van der Waals surface area contributed by atoms with Crippen molar-refractivity contribution in [1.29, 1.82) is 0 Å². The Morgan fingerprint density at radius 3 is 2.71 bits per heavy atom. The van der Waals surface area contributed by atoms with Gasteiger partial charge in [-0.3, -0.25) is 4.57 Å². The van der Waals surface area contributed by atoms with Crippen LogP contribution in [0.4, 0.5) is 0 Å². The molecule has 0 aliphatic heterocycles. The van der Waals surface area contributed by atoms with Crippen LogP contribution in [0.25, 0.3) is 22.3 Å². The maximum Gasteiger partial charge on any atom is 0.192 e. The number of benzene rings is 2. The number of nitrogens with one attached hydrogen (secondary N) is 1. The van der Waals surface area contributed by atoms with Crippen LogP contribution in [0.2, 0.25) is 0 Å². The first-order valence-electron chi connectivity index (χ1n) is 8.81. The molecule has 0 unspecified atom stereocenters. The van der Waals surface area contributed by atoms with Crippen LogP contribution in [-0.2, 0) is 6.54 Å². The summed E-state index contributed by atoms with van der Waals surface area (Å²) in [5.41, 5.74) is 3.52. The topological polar surface area (TPSA) is 79.1 Å². The van der Waals surface area contributed by atoms with E-state index in [0.717, 1.165) is 33.0 Å². The number of allylic oxidation sites excluding steroid dienone is 1. The molecule has 2 heterocycles. The Hall–Kier alpha value is -3.32. The first-order valence-corrected chi connectivity index (χ1v) is 9.80. The molecule has 0 spiro atoms. The molecule has 0 saturated carbocycles. The van der Waals surface area contributed by atoms with Gasteiger partial charge in [0.25, 0.3) is 0 Å². The minimum atomic E-state index is 0.476. The third-order valence-electron chi connectivity index (χ3n) is 4.42. The highest BCUT2D eigenvalue weighted by Crippen LogP contribution is 2.30. The highest BCUT2D eigenvalue weighted by molar-refractivity contribution is 7.99. The summed E-state index contributed by atoms with van der Waals surface area (Å²) in [7, 11) is 0. The number of fused-ring (bicyclic) bond motifs is 1. The second-order valence-corrected chi connectivity index (χ2v) is 7.10. The van der Waals surface area contributed by atoms with Crippen molar-refractivity contribution >= 4 is 28.4 Å². The lowest BCUT2D eigenvalue weighted by Crippen LogP contribution is -2.06. The van der Waals surface area contributed by atoms with Gasteiger partial charge in [0.1, 0.15) is 0 Å². The first-order chi connectivity index (χ1) is 13.8. The Balaban J connectivity index is 1.65. The van der Waals surface area contributed by atoms with E-state index in [-0.39, 0.29) is 0 Å². The number of aromatic nitrogens is 4. The summed E-state index contributed by atoms with van der Waals surface area (Å²) in [5.74, 6) is 1.26. The summed E-state index contributed by atoms with van der Waals surface area (Å²) < 4.78 is 2.02. The minimum absolute atomic E-state index is 0.476. The predicted octanol–water partition coefficient (Wildman–Crippen LogP) is 4.58. The molecular weight excluding hydrogens is 370 g/mol. The fourth-order valence-corrected chi connectivity index (χ4v) is 3.98. The molecule has 0 amide bonds. The maximum absolute atomic E-state index is 9.42. The van der Waals surface area contributed by atoms with Crippen LogP contribution in [0.5, 0.6) is 0 Å².